The van der Waals surface area contributed by atoms with Crippen LogP contribution in [0.25, 0.3) is 28.0 Å². The molecule has 4 aromatic rings. The molecule has 212 valence electrons. The number of anilines is 1. The van der Waals surface area contributed by atoms with Crippen LogP contribution in [0.5, 0.6) is 0 Å². The van der Waals surface area contributed by atoms with Crippen LogP contribution in [0.15, 0.2) is 64.9 Å². The van der Waals surface area contributed by atoms with Gasteiger partial charge in [0.05, 0.1) is 10.3 Å². The van der Waals surface area contributed by atoms with Crippen molar-refractivity contribution in [3.8, 4) is 16.9 Å². The Balaban J connectivity index is 1.84. The van der Waals surface area contributed by atoms with Gasteiger partial charge in [-0.25, -0.2) is 36.5 Å². The molecule has 5 rings (SSSR count). The maximum atomic E-state index is 15.7. The molecule has 1 saturated heterocycles. The molecule has 1 aliphatic rings. The minimum absolute atomic E-state index is 0.0388. The van der Waals surface area contributed by atoms with Gasteiger partial charge in [0.2, 0.25) is 5.91 Å². The normalized spacial score (nSPS) is 15.8. The minimum atomic E-state index is -3.95. The van der Waals surface area contributed by atoms with Gasteiger partial charge in [-0.1, -0.05) is 30.3 Å². The molecule has 10 nitrogen and oxygen atoms in total. The van der Waals surface area contributed by atoms with E-state index in [0.29, 0.717) is 0 Å². The average Bonchev–Trinajstić information content (AvgIpc) is 2.92. The highest BCUT2D eigenvalue weighted by molar-refractivity contribution is 7.90. The predicted molar refractivity (Wildman–Crippen MR) is 150 cm³/mol. The Bertz CT molecular complexity index is 1900. The van der Waals surface area contributed by atoms with E-state index in [0.717, 1.165) is 23.0 Å². The quantitative estimate of drug-likeness (QED) is 0.253. The van der Waals surface area contributed by atoms with Crippen molar-refractivity contribution in [3.63, 3.8) is 0 Å². The summed E-state index contributed by atoms with van der Waals surface area (Å²) in [6, 6.07) is 7.27. The average molecular weight is 601 g/mol. The van der Waals surface area contributed by atoms with Crippen molar-refractivity contribution in [2.24, 2.45) is 0 Å². The molecule has 14 heteroatoms. The van der Waals surface area contributed by atoms with Gasteiger partial charge in [-0.05, 0) is 37.3 Å². The van der Waals surface area contributed by atoms with Crippen LogP contribution in [0, 0.1) is 11.6 Å². The lowest BCUT2D eigenvalue weighted by atomic mass is 10.1. The number of hydrogen-bond donors (Lipinski definition) is 0. The number of sulfone groups is 1. The number of benzene rings is 1. The van der Waals surface area contributed by atoms with Gasteiger partial charge in [0.25, 0.3) is 0 Å². The molecule has 0 unspecified atom stereocenters. The first kappa shape index (κ1) is 28.3. The van der Waals surface area contributed by atoms with Crippen molar-refractivity contribution in [1.82, 2.24) is 24.4 Å². The lowest BCUT2D eigenvalue weighted by Crippen LogP contribution is -2.54. The molecule has 4 heterocycles. The van der Waals surface area contributed by atoms with Crippen LogP contribution in [0.4, 0.5) is 14.6 Å². The van der Waals surface area contributed by atoms with E-state index in [1.165, 1.54) is 36.5 Å². The van der Waals surface area contributed by atoms with Gasteiger partial charge >= 0.3 is 5.69 Å². The van der Waals surface area contributed by atoms with E-state index in [1.807, 2.05) is 0 Å². The van der Waals surface area contributed by atoms with E-state index in [1.54, 1.807) is 16.7 Å². The molecule has 0 bridgehead atoms. The third kappa shape index (κ3) is 5.06. The molecule has 0 spiro atoms. The minimum Gasteiger partial charge on any atom is -0.350 e. The zero-order valence-corrected chi connectivity index (χ0v) is 23.5. The van der Waals surface area contributed by atoms with Crippen molar-refractivity contribution in [1.29, 1.82) is 0 Å². The predicted octanol–water partition coefficient (Wildman–Crippen LogP) is 3.40. The first-order valence-corrected chi connectivity index (χ1v) is 14.6. The summed E-state index contributed by atoms with van der Waals surface area (Å²) in [7, 11) is -3.95. The van der Waals surface area contributed by atoms with E-state index in [2.05, 4.69) is 21.5 Å². The van der Waals surface area contributed by atoms with E-state index in [9.17, 15) is 22.4 Å². The number of carbonyl (C=O) groups is 1. The summed E-state index contributed by atoms with van der Waals surface area (Å²) < 4.78 is 56.6. The summed E-state index contributed by atoms with van der Waals surface area (Å²) in [6.45, 7) is 6.10. The zero-order valence-electron chi connectivity index (χ0n) is 21.9. The van der Waals surface area contributed by atoms with Crippen molar-refractivity contribution in [2.75, 3.05) is 30.8 Å². The number of hydrogen-bond acceptors (Lipinski definition) is 8. The van der Waals surface area contributed by atoms with Crippen LogP contribution in [0.3, 0.4) is 0 Å². The Hall–Kier alpha value is -4.23. The molecule has 41 heavy (non-hydrogen) atoms. The number of nitrogens with zero attached hydrogens (tertiary/aromatic N) is 6. The highest BCUT2D eigenvalue weighted by Gasteiger charge is 2.31. The van der Waals surface area contributed by atoms with Gasteiger partial charge in [-0.2, -0.15) is 4.98 Å². The molecular formula is C27H23ClF2N6O4S. The fourth-order valence-electron chi connectivity index (χ4n) is 4.88. The molecule has 3 aromatic heterocycles. The summed E-state index contributed by atoms with van der Waals surface area (Å²) >= 11 is 6.35. The number of fused-ring (bicyclic) bond motifs is 1. The van der Waals surface area contributed by atoms with Crippen LogP contribution in [0.1, 0.15) is 6.92 Å². The molecule has 0 saturated carbocycles. The van der Waals surface area contributed by atoms with Crippen molar-refractivity contribution in [2.45, 2.75) is 17.9 Å². The molecule has 0 N–H and O–H groups in total. The smallest absolute Gasteiger partial charge is 0.350 e. The third-order valence-electron chi connectivity index (χ3n) is 6.78. The number of carbonyl (C=O) groups excluding carboxylic acids is 1. The number of piperazine rings is 1. The summed E-state index contributed by atoms with van der Waals surface area (Å²) in [6.07, 6.45) is 3.30. The summed E-state index contributed by atoms with van der Waals surface area (Å²) in [4.78, 5) is 41.4. The highest BCUT2D eigenvalue weighted by Crippen LogP contribution is 2.34. The number of halogens is 3. The van der Waals surface area contributed by atoms with Gasteiger partial charge in [0, 0.05) is 43.7 Å². The van der Waals surface area contributed by atoms with Gasteiger partial charge in [-0.15, -0.1) is 0 Å². The Morgan fingerprint density at radius 2 is 1.88 bits per heavy atom. The molecule has 1 atom stereocenters. The highest BCUT2D eigenvalue weighted by atomic mass is 35.5. The van der Waals surface area contributed by atoms with Gasteiger partial charge in [0.1, 0.15) is 28.8 Å². The lowest BCUT2D eigenvalue weighted by molar-refractivity contribution is -0.126. The van der Waals surface area contributed by atoms with E-state index in [4.69, 9.17) is 11.6 Å². The Labute approximate surface area is 238 Å². The van der Waals surface area contributed by atoms with Crippen LogP contribution in [-0.4, -0.2) is 70.7 Å². The van der Waals surface area contributed by atoms with E-state index >= 15 is 4.39 Å². The Kier molecular flexibility index (Phi) is 7.34. The third-order valence-corrected chi connectivity index (χ3v) is 8.19. The first-order valence-electron chi connectivity index (χ1n) is 12.3. The van der Waals surface area contributed by atoms with E-state index < -0.39 is 32.9 Å². The summed E-state index contributed by atoms with van der Waals surface area (Å²) in [5.74, 6) is -1.85. The molecule has 1 amide bonds. The van der Waals surface area contributed by atoms with Gasteiger partial charge < -0.3 is 9.80 Å². The maximum Gasteiger partial charge on any atom is 0.355 e. The van der Waals surface area contributed by atoms with Gasteiger partial charge in [-0.3, -0.25) is 4.79 Å². The van der Waals surface area contributed by atoms with Crippen molar-refractivity contribution >= 4 is 44.2 Å². The molecular weight excluding hydrogens is 578 g/mol. The first-order chi connectivity index (χ1) is 19.4. The fourth-order valence-corrected chi connectivity index (χ4v) is 6.03. The van der Waals surface area contributed by atoms with E-state index in [-0.39, 0.29) is 69.7 Å². The number of aromatic nitrogens is 4. The Morgan fingerprint density at radius 1 is 1.15 bits per heavy atom. The van der Waals surface area contributed by atoms with Crippen LogP contribution < -0.4 is 10.6 Å². The molecule has 1 aromatic carbocycles. The Morgan fingerprint density at radius 3 is 2.54 bits per heavy atom. The second-order valence-corrected chi connectivity index (χ2v) is 11.8. The summed E-state index contributed by atoms with van der Waals surface area (Å²) in [5.41, 5.74) is -2.08. The fraction of sp³-hybridized carbons (Fsp3) is 0.222. The van der Waals surface area contributed by atoms with Crippen LogP contribution in [0.2, 0.25) is 5.15 Å². The monoisotopic (exact) mass is 600 g/mol. The number of pyridine rings is 2. The lowest BCUT2D eigenvalue weighted by Gasteiger charge is -2.40. The molecule has 1 fully saturated rings. The van der Waals surface area contributed by atoms with Crippen LogP contribution in [-0.2, 0) is 14.6 Å². The second kappa shape index (κ2) is 10.6. The molecule has 0 radical (unpaired) electrons. The molecule has 1 aliphatic heterocycles. The zero-order chi connectivity index (χ0) is 29.6. The number of amides is 1. The maximum absolute atomic E-state index is 15.7. The number of rotatable bonds is 5. The van der Waals surface area contributed by atoms with Crippen molar-refractivity contribution in [3.05, 3.63) is 82.5 Å². The van der Waals surface area contributed by atoms with Crippen LogP contribution >= 0.6 is 11.6 Å². The SMILES string of the molecule is C=CC(=O)N1CCN(c2nc(=O)n(-c3c(S(C)(=O)=O)ccnc3Cl)c3nc(-c4ccccc4F)c(F)cc23)[C@@H](C)C1. The standard InChI is InChI=1S/C27H23ClF2N6O4S/c1-4-21(37)34-11-12-35(15(2)14-34)25-17-13-19(30)22(16-7-5-6-8-18(16)29)32-26(17)36(27(38)33-25)23-20(41(3,39)40)9-10-31-24(23)28/h4-10,13,15H,1,11-12,14H2,2-3H3/t15-/m0/s1. The topological polar surface area (TPSA) is 118 Å². The molecule has 0 aliphatic carbocycles. The van der Waals surface area contributed by atoms with Crippen molar-refractivity contribution < 1.29 is 22.0 Å². The second-order valence-electron chi connectivity index (χ2n) is 9.47. The largest absolute Gasteiger partial charge is 0.355 e. The summed E-state index contributed by atoms with van der Waals surface area (Å²) in [5, 5.41) is -0.300. The van der Waals surface area contributed by atoms with Gasteiger partial charge in [0.15, 0.2) is 20.6 Å².